The molecular weight excluding hydrogens is 381 g/mol. The molecule has 0 spiro atoms. The van der Waals surface area contributed by atoms with Crippen LogP contribution < -0.4 is 0 Å². The summed E-state index contributed by atoms with van der Waals surface area (Å²) >= 11 is 0. The molecule has 6 heteroatoms. The second-order valence-electron chi connectivity index (χ2n) is 8.84. The van der Waals surface area contributed by atoms with E-state index >= 15 is 0 Å². The van der Waals surface area contributed by atoms with Crippen molar-refractivity contribution in [3.8, 4) is 0 Å². The van der Waals surface area contributed by atoms with Crippen molar-refractivity contribution in [3.63, 3.8) is 0 Å². The quantitative estimate of drug-likeness (QED) is 0.173. The van der Waals surface area contributed by atoms with Gasteiger partial charge in [-0.25, -0.2) is 11.2 Å². The molecule has 1 unspecified atom stereocenters. The highest BCUT2D eigenvalue weighted by Gasteiger charge is 2.35. The Hall–Kier alpha value is -0.240. The summed E-state index contributed by atoms with van der Waals surface area (Å²) in [6, 6.07) is 0.717. The van der Waals surface area contributed by atoms with Crippen LogP contribution in [0.3, 0.4) is 0 Å². The average Bonchev–Trinajstić information content (AvgIpc) is 2.68. The molecule has 1 saturated heterocycles. The van der Waals surface area contributed by atoms with E-state index in [1.54, 1.807) is 0 Å². The van der Waals surface area contributed by atoms with Gasteiger partial charge in [0.25, 0.3) is 8.53 Å². The molecule has 5 nitrogen and oxygen atoms in total. The maximum atomic E-state index is 7.05. The number of piperidine rings is 1. The minimum Gasteiger partial charge on any atom is -0.318 e. The predicted octanol–water partition coefficient (Wildman–Crippen LogP) is 6.36. The van der Waals surface area contributed by atoms with Gasteiger partial charge in [0, 0.05) is 25.2 Å². The maximum Gasteiger partial charge on any atom is 0.259 e. The number of unbranched alkanes of at least 4 members (excludes halogenated alkanes) is 4. The van der Waals surface area contributed by atoms with Gasteiger partial charge in [-0.05, 0) is 59.4 Å². The molecule has 1 fully saturated rings. The highest BCUT2D eigenvalue weighted by Crippen LogP contribution is 2.48. The lowest BCUT2D eigenvalue weighted by Gasteiger charge is -2.42. The summed E-state index contributed by atoms with van der Waals surface area (Å²) in [5.41, 5.74) is 0. The number of hydrogen-bond acceptors (Lipinski definition) is 4. The van der Waals surface area contributed by atoms with Crippen molar-refractivity contribution < 1.29 is 9.05 Å². The van der Waals surface area contributed by atoms with Crippen LogP contribution in [0.1, 0.15) is 86.5 Å². The fourth-order valence-corrected chi connectivity index (χ4v) is 5.97. The molecule has 29 heavy (non-hydrogen) atoms. The number of likely N-dealkylation sites (tertiary alicyclic amines) is 1. The standard InChI is InChI=1S/C23H46N3O2P/c1-8-10-11-12-13-16-25-17-14-23(22(9-2)19-25)28-29(27-18-15-24-7)26(20(3)4)21(5)6/h20-23H,8-19H2,1-6H3/t22-,23+,29?/m1/s1. The first-order valence-corrected chi connectivity index (χ1v) is 13.0. The lowest BCUT2D eigenvalue weighted by molar-refractivity contribution is 0.0277. The Morgan fingerprint density at radius 2 is 1.79 bits per heavy atom. The second kappa shape index (κ2) is 15.5. The monoisotopic (exact) mass is 427 g/mol. The summed E-state index contributed by atoms with van der Waals surface area (Å²) in [7, 11) is -1.13. The van der Waals surface area contributed by atoms with Gasteiger partial charge in [-0.1, -0.05) is 39.5 Å². The zero-order chi connectivity index (χ0) is 21.6. The van der Waals surface area contributed by atoms with Crippen LogP contribution in [0, 0.1) is 12.5 Å². The van der Waals surface area contributed by atoms with Crippen LogP contribution in [0.2, 0.25) is 0 Å². The second-order valence-corrected chi connectivity index (χ2v) is 10.2. The molecule has 0 aromatic rings. The molecule has 3 atom stereocenters. The zero-order valence-electron chi connectivity index (χ0n) is 19.9. The predicted molar refractivity (Wildman–Crippen MR) is 125 cm³/mol. The molecule has 0 amide bonds. The fourth-order valence-electron chi connectivity index (χ4n) is 4.16. The minimum absolute atomic E-state index is 0.260. The van der Waals surface area contributed by atoms with Gasteiger partial charge in [-0.15, -0.1) is 0 Å². The van der Waals surface area contributed by atoms with Crippen LogP contribution in [0.4, 0.5) is 0 Å². The average molecular weight is 428 g/mol. The van der Waals surface area contributed by atoms with E-state index in [0.29, 0.717) is 31.2 Å². The van der Waals surface area contributed by atoms with Crippen LogP contribution in [0.15, 0.2) is 0 Å². The summed E-state index contributed by atoms with van der Waals surface area (Å²) in [6.45, 7) is 24.8. The molecule has 1 heterocycles. The molecule has 1 aliphatic rings. The first-order valence-electron chi connectivity index (χ1n) is 11.9. The van der Waals surface area contributed by atoms with Crippen molar-refractivity contribution in [2.24, 2.45) is 5.92 Å². The molecule has 0 saturated carbocycles. The summed E-state index contributed by atoms with van der Waals surface area (Å²) in [5.74, 6) is 0.565. The molecule has 1 aliphatic heterocycles. The third-order valence-electron chi connectivity index (χ3n) is 5.73. The van der Waals surface area contributed by atoms with Crippen LogP contribution >= 0.6 is 8.53 Å². The molecule has 1 rings (SSSR count). The summed E-state index contributed by atoms with van der Waals surface area (Å²) < 4.78 is 15.2. The number of hydrogen-bond donors (Lipinski definition) is 0. The van der Waals surface area contributed by atoms with E-state index in [9.17, 15) is 0 Å². The highest BCUT2D eigenvalue weighted by atomic mass is 31.2. The Labute approximate surface area is 182 Å². The van der Waals surface area contributed by atoms with Crippen molar-refractivity contribution in [2.75, 3.05) is 32.8 Å². The van der Waals surface area contributed by atoms with Gasteiger partial charge in [0.05, 0.1) is 6.10 Å². The Bertz CT molecular complexity index is 448. The third-order valence-corrected chi connectivity index (χ3v) is 7.88. The van der Waals surface area contributed by atoms with E-state index in [0.717, 1.165) is 25.9 Å². The highest BCUT2D eigenvalue weighted by molar-refractivity contribution is 7.44. The third kappa shape index (κ3) is 10.1. The molecule has 0 bridgehead atoms. The Kier molecular flexibility index (Phi) is 14.4. The summed E-state index contributed by atoms with van der Waals surface area (Å²) in [5, 5.41) is 0. The van der Waals surface area contributed by atoms with E-state index in [2.05, 4.69) is 56.0 Å². The van der Waals surface area contributed by atoms with Crippen LogP contribution in [-0.2, 0) is 9.05 Å². The Morgan fingerprint density at radius 1 is 1.10 bits per heavy atom. The van der Waals surface area contributed by atoms with E-state index in [-0.39, 0.29) is 6.10 Å². The van der Waals surface area contributed by atoms with Gasteiger partial charge in [0.1, 0.15) is 6.61 Å². The first-order chi connectivity index (χ1) is 13.9. The van der Waals surface area contributed by atoms with Crippen molar-refractivity contribution in [1.29, 1.82) is 0 Å². The smallest absolute Gasteiger partial charge is 0.259 e. The van der Waals surface area contributed by atoms with Gasteiger partial charge in [-0.3, -0.25) is 0 Å². The van der Waals surface area contributed by atoms with Crippen molar-refractivity contribution in [3.05, 3.63) is 11.4 Å². The van der Waals surface area contributed by atoms with E-state index in [4.69, 9.17) is 15.6 Å². The summed E-state index contributed by atoms with van der Waals surface area (Å²) in [6.07, 6.45) is 9.23. The van der Waals surface area contributed by atoms with Crippen LogP contribution in [0.5, 0.6) is 0 Å². The van der Waals surface area contributed by atoms with Gasteiger partial charge in [-0.2, -0.15) is 0 Å². The van der Waals surface area contributed by atoms with Gasteiger partial charge >= 0.3 is 0 Å². The van der Waals surface area contributed by atoms with Crippen LogP contribution in [-0.4, -0.2) is 60.5 Å². The van der Waals surface area contributed by atoms with Gasteiger partial charge in [0.2, 0.25) is 6.54 Å². The van der Waals surface area contributed by atoms with E-state index < -0.39 is 8.53 Å². The molecule has 0 aliphatic carbocycles. The molecule has 0 aromatic carbocycles. The Balaban J connectivity index is 2.64. The van der Waals surface area contributed by atoms with Gasteiger partial charge in [0.15, 0.2) is 0 Å². The van der Waals surface area contributed by atoms with Crippen LogP contribution in [0.25, 0.3) is 4.85 Å². The topological polar surface area (TPSA) is 29.3 Å². The van der Waals surface area contributed by atoms with Gasteiger partial charge < -0.3 is 18.8 Å². The lowest BCUT2D eigenvalue weighted by atomic mass is 9.92. The molecule has 0 radical (unpaired) electrons. The normalized spacial score (nSPS) is 21.8. The SMILES string of the molecule is [C-]#[N+]CCOP(O[C@H]1CCN(CCCCCCC)C[C@H]1CC)N(C(C)C)C(C)C. The number of rotatable bonds is 15. The number of nitrogens with zero attached hydrogens (tertiary/aromatic N) is 3. The van der Waals surface area contributed by atoms with E-state index in [1.165, 1.54) is 38.6 Å². The minimum atomic E-state index is -1.13. The molecular formula is C23H46N3O2P. The zero-order valence-corrected chi connectivity index (χ0v) is 20.8. The van der Waals surface area contributed by atoms with Crippen molar-refractivity contribution >= 4 is 8.53 Å². The van der Waals surface area contributed by atoms with Crippen molar-refractivity contribution in [2.45, 2.75) is 105 Å². The molecule has 0 N–H and O–H groups in total. The summed E-state index contributed by atoms with van der Waals surface area (Å²) in [4.78, 5) is 6.09. The fraction of sp³-hybridized carbons (Fsp3) is 0.957. The Morgan fingerprint density at radius 3 is 2.38 bits per heavy atom. The first kappa shape index (κ1) is 26.8. The molecule has 0 aromatic heterocycles. The lowest BCUT2D eigenvalue weighted by Crippen LogP contribution is -2.45. The molecule has 170 valence electrons. The van der Waals surface area contributed by atoms with Crippen molar-refractivity contribution in [1.82, 2.24) is 9.57 Å². The largest absolute Gasteiger partial charge is 0.318 e. The maximum absolute atomic E-state index is 7.05. The van der Waals surface area contributed by atoms with E-state index in [1.807, 2.05) is 0 Å².